The van der Waals surface area contributed by atoms with E-state index in [4.69, 9.17) is 26.1 Å². The first kappa shape index (κ1) is 24.3. The Bertz CT molecular complexity index is 1320. The SMILES string of the molecule is C=CC(=O)N1CCCCC(n2c(NC(=O)c3cccc(C)c3)nc3cc(OC4COC4)cc(Cl)c32)C1. The molecular weight excluding hydrogens is 480 g/mol. The van der Waals surface area contributed by atoms with Gasteiger partial charge in [-0.25, -0.2) is 4.98 Å². The maximum Gasteiger partial charge on any atom is 0.257 e. The summed E-state index contributed by atoms with van der Waals surface area (Å²) in [5.41, 5.74) is 2.84. The first-order valence-corrected chi connectivity index (χ1v) is 12.6. The minimum absolute atomic E-state index is 0.0126. The molecule has 1 N–H and O–H groups in total. The van der Waals surface area contributed by atoms with E-state index in [1.165, 1.54) is 6.08 Å². The Morgan fingerprint density at radius 3 is 2.81 bits per heavy atom. The molecular formula is C27H29ClN4O4. The van der Waals surface area contributed by atoms with Crippen molar-refractivity contribution in [2.24, 2.45) is 0 Å². The van der Waals surface area contributed by atoms with Gasteiger partial charge in [0.2, 0.25) is 11.9 Å². The number of rotatable bonds is 6. The van der Waals surface area contributed by atoms with Crippen LogP contribution in [0.4, 0.5) is 5.95 Å². The fourth-order valence-corrected chi connectivity index (χ4v) is 5.06. The van der Waals surface area contributed by atoms with Crippen LogP contribution in [0.5, 0.6) is 5.75 Å². The van der Waals surface area contributed by atoms with Gasteiger partial charge in [-0.15, -0.1) is 0 Å². The third-order valence-electron chi connectivity index (χ3n) is 6.63. The van der Waals surface area contributed by atoms with Gasteiger partial charge in [-0.3, -0.25) is 14.9 Å². The summed E-state index contributed by atoms with van der Waals surface area (Å²) >= 11 is 6.80. The second kappa shape index (κ2) is 10.3. The van der Waals surface area contributed by atoms with E-state index in [1.807, 2.05) is 35.8 Å². The average Bonchev–Trinajstić information content (AvgIpc) is 3.02. The molecule has 2 aliphatic rings. The van der Waals surface area contributed by atoms with Crippen molar-refractivity contribution in [3.8, 4) is 5.75 Å². The quantitative estimate of drug-likeness (QED) is 0.485. The van der Waals surface area contributed by atoms with Crippen molar-refractivity contribution in [2.75, 3.05) is 31.6 Å². The summed E-state index contributed by atoms with van der Waals surface area (Å²) in [6, 6.07) is 10.9. The van der Waals surface area contributed by atoms with Crippen molar-refractivity contribution >= 4 is 40.4 Å². The molecule has 2 fully saturated rings. The molecule has 8 nitrogen and oxygen atoms in total. The largest absolute Gasteiger partial charge is 0.485 e. The van der Waals surface area contributed by atoms with Crippen LogP contribution in [0.25, 0.3) is 11.0 Å². The summed E-state index contributed by atoms with van der Waals surface area (Å²) in [7, 11) is 0. The minimum Gasteiger partial charge on any atom is -0.485 e. The van der Waals surface area contributed by atoms with Gasteiger partial charge in [0.1, 0.15) is 11.9 Å². The first-order chi connectivity index (χ1) is 17.4. The maximum atomic E-state index is 13.2. The number of hydrogen-bond acceptors (Lipinski definition) is 5. The highest BCUT2D eigenvalue weighted by atomic mass is 35.5. The van der Waals surface area contributed by atoms with E-state index in [9.17, 15) is 9.59 Å². The zero-order valence-corrected chi connectivity index (χ0v) is 21.0. The highest BCUT2D eigenvalue weighted by Crippen LogP contribution is 2.37. The minimum atomic E-state index is -0.262. The van der Waals surface area contributed by atoms with Gasteiger partial charge in [0, 0.05) is 30.8 Å². The Labute approximate surface area is 214 Å². The fourth-order valence-electron chi connectivity index (χ4n) is 4.76. The van der Waals surface area contributed by atoms with E-state index in [0.717, 1.165) is 24.8 Å². The number of anilines is 1. The predicted octanol–water partition coefficient (Wildman–Crippen LogP) is 4.77. The van der Waals surface area contributed by atoms with Gasteiger partial charge >= 0.3 is 0 Å². The fraction of sp³-hybridized carbons (Fsp3) is 0.370. The number of nitrogens with zero attached hydrogens (tertiary/aromatic N) is 3. The maximum absolute atomic E-state index is 13.2. The standard InChI is InChI=1S/C27H29ClN4O4/c1-3-24(33)31-10-5-4-9-19(14-31)32-25-22(28)12-20(36-21-15-35-16-21)13-23(25)29-27(32)30-26(34)18-8-6-7-17(2)11-18/h3,6-8,11-13,19,21H,1,4-5,9-10,14-16H2,2H3,(H,29,30,34). The summed E-state index contributed by atoms with van der Waals surface area (Å²) in [6.07, 6.45) is 3.96. The molecule has 5 rings (SSSR count). The number of imidazole rings is 1. The van der Waals surface area contributed by atoms with Crippen LogP contribution in [-0.2, 0) is 9.53 Å². The highest BCUT2D eigenvalue weighted by Gasteiger charge is 2.28. The summed E-state index contributed by atoms with van der Waals surface area (Å²) in [5, 5.41) is 3.47. The molecule has 0 radical (unpaired) electrons. The second-order valence-electron chi connectivity index (χ2n) is 9.32. The summed E-state index contributed by atoms with van der Waals surface area (Å²) in [5.74, 6) is 0.620. The lowest BCUT2D eigenvalue weighted by molar-refractivity contribution is -0.126. The van der Waals surface area contributed by atoms with Gasteiger partial charge in [-0.2, -0.15) is 0 Å². The summed E-state index contributed by atoms with van der Waals surface area (Å²) < 4.78 is 13.1. The molecule has 0 bridgehead atoms. The van der Waals surface area contributed by atoms with Gasteiger partial charge < -0.3 is 18.9 Å². The number of amides is 2. The molecule has 3 aromatic rings. The Morgan fingerprint density at radius 1 is 1.25 bits per heavy atom. The van der Waals surface area contributed by atoms with Crippen LogP contribution in [0.2, 0.25) is 5.02 Å². The molecule has 188 valence electrons. The summed E-state index contributed by atoms with van der Waals surface area (Å²) in [6.45, 7) is 7.80. The lowest BCUT2D eigenvalue weighted by Crippen LogP contribution is -2.38. The molecule has 0 saturated carbocycles. The average molecular weight is 509 g/mol. The van der Waals surface area contributed by atoms with E-state index < -0.39 is 0 Å². The number of aryl methyl sites for hydroxylation is 1. The van der Waals surface area contributed by atoms with Crippen LogP contribution in [0.15, 0.2) is 49.1 Å². The number of halogens is 1. The molecule has 0 spiro atoms. The molecule has 2 aliphatic heterocycles. The van der Waals surface area contributed by atoms with Crippen LogP contribution in [0.3, 0.4) is 0 Å². The van der Waals surface area contributed by atoms with E-state index in [-0.39, 0.29) is 24.0 Å². The van der Waals surface area contributed by atoms with Crippen LogP contribution >= 0.6 is 11.6 Å². The van der Waals surface area contributed by atoms with Crippen LogP contribution < -0.4 is 10.1 Å². The van der Waals surface area contributed by atoms with E-state index in [1.54, 1.807) is 17.0 Å². The third kappa shape index (κ3) is 4.96. The summed E-state index contributed by atoms with van der Waals surface area (Å²) in [4.78, 5) is 32.3. The van der Waals surface area contributed by atoms with Gasteiger partial charge in [-0.1, -0.05) is 35.9 Å². The van der Waals surface area contributed by atoms with E-state index in [2.05, 4.69) is 11.9 Å². The van der Waals surface area contributed by atoms with E-state index >= 15 is 0 Å². The number of hydrogen-bond donors (Lipinski definition) is 1. The smallest absolute Gasteiger partial charge is 0.257 e. The molecule has 1 unspecified atom stereocenters. The third-order valence-corrected chi connectivity index (χ3v) is 6.91. The van der Waals surface area contributed by atoms with Crippen molar-refractivity contribution in [1.82, 2.24) is 14.5 Å². The molecule has 0 aliphatic carbocycles. The molecule has 36 heavy (non-hydrogen) atoms. The number of fused-ring (bicyclic) bond motifs is 1. The number of carbonyl (C=O) groups is 2. The van der Waals surface area contributed by atoms with Crippen molar-refractivity contribution in [3.05, 3.63) is 65.2 Å². The van der Waals surface area contributed by atoms with Gasteiger partial charge in [0.05, 0.1) is 35.3 Å². The second-order valence-corrected chi connectivity index (χ2v) is 9.72. The Morgan fingerprint density at radius 2 is 2.08 bits per heavy atom. The van der Waals surface area contributed by atoms with Crippen molar-refractivity contribution in [1.29, 1.82) is 0 Å². The number of benzene rings is 2. The van der Waals surface area contributed by atoms with Crippen molar-refractivity contribution in [3.63, 3.8) is 0 Å². The Balaban J connectivity index is 1.57. The number of aromatic nitrogens is 2. The lowest BCUT2D eigenvalue weighted by atomic mass is 10.1. The highest BCUT2D eigenvalue weighted by molar-refractivity contribution is 6.35. The van der Waals surface area contributed by atoms with Crippen LogP contribution in [-0.4, -0.2) is 58.7 Å². The van der Waals surface area contributed by atoms with Crippen LogP contribution in [0.1, 0.15) is 41.2 Å². The number of nitrogens with one attached hydrogen (secondary N) is 1. The monoisotopic (exact) mass is 508 g/mol. The lowest BCUT2D eigenvalue weighted by Gasteiger charge is -2.27. The topological polar surface area (TPSA) is 85.7 Å². The predicted molar refractivity (Wildman–Crippen MR) is 139 cm³/mol. The van der Waals surface area contributed by atoms with Crippen LogP contribution in [0, 0.1) is 6.92 Å². The number of likely N-dealkylation sites (tertiary alicyclic amines) is 1. The molecule has 9 heteroatoms. The van der Waals surface area contributed by atoms with Gasteiger partial charge in [0.25, 0.3) is 5.91 Å². The molecule has 3 heterocycles. The molecule has 2 aromatic carbocycles. The Kier molecular flexibility index (Phi) is 6.98. The zero-order valence-electron chi connectivity index (χ0n) is 20.2. The molecule has 1 atom stereocenters. The molecule has 1 aromatic heterocycles. The number of carbonyl (C=O) groups excluding carboxylic acids is 2. The molecule has 2 amide bonds. The normalized spacial score (nSPS) is 18.4. The molecule has 2 saturated heterocycles. The number of ether oxygens (including phenoxy) is 2. The zero-order chi connectivity index (χ0) is 25.2. The van der Waals surface area contributed by atoms with Gasteiger partial charge in [0.15, 0.2) is 0 Å². The first-order valence-electron chi connectivity index (χ1n) is 12.2. The van der Waals surface area contributed by atoms with Crippen molar-refractivity contribution < 1.29 is 19.1 Å². The van der Waals surface area contributed by atoms with Crippen molar-refractivity contribution in [2.45, 2.75) is 38.3 Å². The van der Waals surface area contributed by atoms with E-state index in [0.29, 0.717) is 59.6 Å². The van der Waals surface area contributed by atoms with Gasteiger partial charge in [-0.05, 0) is 44.4 Å². The Hall–Kier alpha value is -3.36.